The third-order valence-electron chi connectivity index (χ3n) is 6.59. The molecule has 1 aliphatic rings. The van der Waals surface area contributed by atoms with Crippen molar-refractivity contribution < 1.29 is 19.5 Å². The van der Waals surface area contributed by atoms with E-state index in [2.05, 4.69) is 24.5 Å². The smallest absolute Gasteiger partial charge is 0.335 e. The molecule has 0 aromatic heterocycles. The van der Waals surface area contributed by atoms with Crippen molar-refractivity contribution in [2.75, 3.05) is 17.2 Å². The minimum Gasteiger partial charge on any atom is -0.478 e. The van der Waals surface area contributed by atoms with E-state index in [0.717, 1.165) is 17.5 Å². The normalized spacial score (nSPS) is 15.1. The van der Waals surface area contributed by atoms with Crippen LogP contribution in [-0.4, -0.2) is 40.5 Å². The second-order valence-electron chi connectivity index (χ2n) is 9.46. The van der Waals surface area contributed by atoms with Crippen LogP contribution in [-0.2, 0) is 4.79 Å². The molecule has 7 nitrogen and oxygen atoms in total. The van der Waals surface area contributed by atoms with Gasteiger partial charge in [0.15, 0.2) is 0 Å². The van der Waals surface area contributed by atoms with E-state index in [4.69, 9.17) is 0 Å². The Hall–Kier alpha value is -4.13. The molecule has 36 heavy (non-hydrogen) atoms. The average Bonchev–Trinajstić information content (AvgIpc) is 3.35. The second-order valence-corrected chi connectivity index (χ2v) is 9.46. The Balaban J connectivity index is 1.39. The summed E-state index contributed by atoms with van der Waals surface area (Å²) in [6.45, 7) is 6.53. The number of likely N-dealkylation sites (tertiary alicyclic amines) is 1. The number of urea groups is 1. The highest BCUT2D eigenvalue weighted by atomic mass is 16.4. The molecule has 0 spiro atoms. The molecule has 1 heterocycles. The van der Waals surface area contributed by atoms with Crippen LogP contribution in [0.1, 0.15) is 54.1 Å². The van der Waals surface area contributed by atoms with Gasteiger partial charge in [0.25, 0.3) is 0 Å². The van der Waals surface area contributed by atoms with Crippen LogP contribution in [0.2, 0.25) is 0 Å². The van der Waals surface area contributed by atoms with Gasteiger partial charge in [-0.15, -0.1) is 0 Å². The highest BCUT2D eigenvalue weighted by molar-refractivity contribution is 5.99. The zero-order chi connectivity index (χ0) is 25.8. The van der Waals surface area contributed by atoms with Crippen molar-refractivity contribution in [2.45, 2.75) is 45.6 Å². The first kappa shape index (κ1) is 25.0. The molecule has 1 saturated heterocycles. The number of hydrogen-bond acceptors (Lipinski definition) is 3. The third-order valence-corrected chi connectivity index (χ3v) is 6.59. The van der Waals surface area contributed by atoms with Gasteiger partial charge in [0.05, 0.1) is 5.56 Å². The standard InChI is InChI=1S/C29H31N3O4/c1-18(2)20-6-11-24(12-7-20)31-29(36)32-16-4-5-26(32)27(33)30-23-13-8-21(9-14-23)22-10-15-25(28(34)35)19(3)17-22/h6-15,17-18,26H,4-5,16H2,1-3H3,(H,30,33)(H,31,36)(H,34,35)/t26-/m1/s1. The van der Waals surface area contributed by atoms with Crippen molar-refractivity contribution in [3.05, 3.63) is 83.4 Å². The molecule has 1 atom stereocenters. The van der Waals surface area contributed by atoms with E-state index in [1.807, 2.05) is 54.6 Å². The first-order chi connectivity index (χ1) is 17.2. The molecular formula is C29H31N3O4. The lowest BCUT2D eigenvalue weighted by Gasteiger charge is -2.24. The highest BCUT2D eigenvalue weighted by Crippen LogP contribution is 2.26. The van der Waals surface area contributed by atoms with E-state index < -0.39 is 12.0 Å². The summed E-state index contributed by atoms with van der Waals surface area (Å²) in [5.74, 6) is -0.750. The van der Waals surface area contributed by atoms with Gasteiger partial charge in [-0.05, 0) is 78.3 Å². The van der Waals surface area contributed by atoms with Gasteiger partial charge < -0.3 is 20.6 Å². The number of aromatic carboxylic acids is 1. The van der Waals surface area contributed by atoms with E-state index in [0.29, 0.717) is 35.8 Å². The number of carbonyl (C=O) groups is 3. The summed E-state index contributed by atoms with van der Waals surface area (Å²) in [6, 6.07) is 19.5. The largest absolute Gasteiger partial charge is 0.478 e. The summed E-state index contributed by atoms with van der Waals surface area (Å²) in [4.78, 5) is 38.7. The maximum atomic E-state index is 13.0. The first-order valence-corrected chi connectivity index (χ1v) is 12.2. The number of amides is 3. The summed E-state index contributed by atoms with van der Waals surface area (Å²) < 4.78 is 0. The Morgan fingerprint density at radius 1 is 0.889 bits per heavy atom. The predicted octanol–water partition coefficient (Wildman–Crippen LogP) is 6.12. The minimum atomic E-state index is -0.948. The molecule has 186 valence electrons. The number of anilines is 2. The fraction of sp³-hybridized carbons (Fsp3) is 0.276. The Labute approximate surface area is 211 Å². The molecule has 1 fully saturated rings. The minimum absolute atomic E-state index is 0.216. The summed E-state index contributed by atoms with van der Waals surface area (Å²) in [5.41, 5.74) is 5.32. The van der Waals surface area contributed by atoms with Crippen molar-refractivity contribution in [3.8, 4) is 11.1 Å². The number of hydrogen-bond donors (Lipinski definition) is 3. The van der Waals surface area contributed by atoms with Crippen molar-refractivity contribution >= 4 is 29.3 Å². The van der Waals surface area contributed by atoms with E-state index in [9.17, 15) is 19.5 Å². The molecule has 0 unspecified atom stereocenters. The third kappa shape index (κ3) is 5.57. The molecule has 0 radical (unpaired) electrons. The summed E-state index contributed by atoms with van der Waals surface area (Å²) >= 11 is 0. The molecular weight excluding hydrogens is 454 g/mol. The predicted molar refractivity (Wildman–Crippen MR) is 141 cm³/mol. The number of carboxylic acids is 1. The molecule has 0 saturated carbocycles. The summed E-state index contributed by atoms with van der Waals surface area (Å²) in [6.07, 6.45) is 1.38. The van der Waals surface area contributed by atoms with E-state index in [-0.39, 0.29) is 17.5 Å². The van der Waals surface area contributed by atoms with Crippen LogP contribution in [0, 0.1) is 6.92 Å². The SMILES string of the molecule is Cc1cc(-c2ccc(NC(=O)[C@H]3CCCN3C(=O)Nc3ccc(C(C)C)cc3)cc2)ccc1C(=O)O. The van der Waals surface area contributed by atoms with Gasteiger partial charge >= 0.3 is 12.0 Å². The van der Waals surface area contributed by atoms with Crippen molar-refractivity contribution in [2.24, 2.45) is 0 Å². The molecule has 3 N–H and O–H groups in total. The molecule has 7 heteroatoms. The van der Waals surface area contributed by atoms with Gasteiger partial charge in [-0.25, -0.2) is 9.59 Å². The van der Waals surface area contributed by atoms with Crippen LogP contribution in [0.5, 0.6) is 0 Å². The lowest BCUT2D eigenvalue weighted by molar-refractivity contribution is -0.119. The summed E-state index contributed by atoms with van der Waals surface area (Å²) in [5, 5.41) is 15.1. The maximum absolute atomic E-state index is 13.0. The maximum Gasteiger partial charge on any atom is 0.335 e. The van der Waals surface area contributed by atoms with Gasteiger partial charge in [0.1, 0.15) is 6.04 Å². The van der Waals surface area contributed by atoms with Gasteiger partial charge in [0.2, 0.25) is 5.91 Å². The van der Waals surface area contributed by atoms with Crippen LogP contribution in [0.25, 0.3) is 11.1 Å². The number of rotatable bonds is 6. The molecule has 0 bridgehead atoms. The quantitative estimate of drug-likeness (QED) is 0.392. The Morgan fingerprint density at radius 2 is 1.50 bits per heavy atom. The fourth-order valence-corrected chi connectivity index (χ4v) is 4.48. The second kappa shape index (κ2) is 10.6. The van der Waals surface area contributed by atoms with Crippen LogP contribution >= 0.6 is 0 Å². The highest BCUT2D eigenvalue weighted by Gasteiger charge is 2.34. The number of carboxylic acid groups (broad SMARTS) is 1. The van der Waals surface area contributed by atoms with Crippen molar-refractivity contribution in [3.63, 3.8) is 0 Å². The zero-order valence-electron chi connectivity index (χ0n) is 20.7. The number of aryl methyl sites for hydroxylation is 1. The number of nitrogens with zero attached hydrogens (tertiary/aromatic N) is 1. The number of benzene rings is 3. The van der Waals surface area contributed by atoms with Crippen molar-refractivity contribution in [1.29, 1.82) is 0 Å². The van der Waals surface area contributed by atoms with Crippen LogP contribution < -0.4 is 10.6 Å². The topological polar surface area (TPSA) is 98.7 Å². The lowest BCUT2D eigenvalue weighted by atomic mass is 10.00. The van der Waals surface area contributed by atoms with Gasteiger partial charge in [-0.2, -0.15) is 0 Å². The molecule has 3 aromatic carbocycles. The van der Waals surface area contributed by atoms with Crippen LogP contribution in [0.3, 0.4) is 0 Å². The molecule has 3 aromatic rings. The molecule has 1 aliphatic heterocycles. The van der Waals surface area contributed by atoms with E-state index in [1.54, 1.807) is 24.0 Å². The van der Waals surface area contributed by atoms with E-state index >= 15 is 0 Å². The Kier molecular flexibility index (Phi) is 7.38. The van der Waals surface area contributed by atoms with Gasteiger partial charge in [-0.3, -0.25) is 4.79 Å². The lowest BCUT2D eigenvalue weighted by Crippen LogP contribution is -2.45. The number of nitrogens with one attached hydrogen (secondary N) is 2. The molecule has 4 rings (SSSR count). The molecule has 0 aliphatic carbocycles. The van der Waals surface area contributed by atoms with Gasteiger partial charge in [0, 0.05) is 17.9 Å². The van der Waals surface area contributed by atoms with Gasteiger partial charge in [-0.1, -0.05) is 50.2 Å². The van der Waals surface area contributed by atoms with Crippen LogP contribution in [0.15, 0.2) is 66.7 Å². The number of carbonyl (C=O) groups excluding carboxylic acids is 2. The monoisotopic (exact) mass is 485 g/mol. The van der Waals surface area contributed by atoms with E-state index in [1.165, 1.54) is 5.56 Å². The van der Waals surface area contributed by atoms with Crippen molar-refractivity contribution in [1.82, 2.24) is 4.90 Å². The summed E-state index contributed by atoms with van der Waals surface area (Å²) in [7, 11) is 0. The first-order valence-electron chi connectivity index (χ1n) is 12.2. The Bertz CT molecular complexity index is 1270. The van der Waals surface area contributed by atoms with Crippen LogP contribution in [0.4, 0.5) is 16.2 Å². The molecule has 3 amide bonds. The zero-order valence-corrected chi connectivity index (χ0v) is 20.7. The average molecular weight is 486 g/mol. The fourth-order valence-electron chi connectivity index (χ4n) is 4.48. The Morgan fingerprint density at radius 3 is 2.11 bits per heavy atom.